The van der Waals surface area contributed by atoms with Crippen LogP contribution in [0.5, 0.6) is 0 Å². The Morgan fingerprint density at radius 2 is 2.32 bits per heavy atom. The highest BCUT2D eigenvalue weighted by molar-refractivity contribution is 7.21. The van der Waals surface area contributed by atoms with E-state index in [-0.39, 0.29) is 5.91 Å². The molecule has 3 N–H and O–H groups in total. The van der Waals surface area contributed by atoms with E-state index >= 15 is 0 Å². The van der Waals surface area contributed by atoms with Gasteiger partial charge in [0.25, 0.3) is 5.91 Å². The zero-order valence-corrected chi connectivity index (χ0v) is 12.1. The van der Waals surface area contributed by atoms with Gasteiger partial charge in [-0.2, -0.15) is 0 Å². The molecular formula is C14H15ClN2OS. The van der Waals surface area contributed by atoms with Gasteiger partial charge in [0.2, 0.25) is 0 Å². The maximum Gasteiger partial charge on any atom is 0.263 e. The topological polar surface area (TPSA) is 55.1 Å². The van der Waals surface area contributed by atoms with Crippen LogP contribution in [0.2, 0.25) is 5.02 Å². The van der Waals surface area contributed by atoms with Crippen molar-refractivity contribution in [2.75, 3.05) is 12.3 Å². The van der Waals surface area contributed by atoms with Gasteiger partial charge in [0.1, 0.15) is 4.88 Å². The second-order valence-corrected chi connectivity index (χ2v) is 5.53. The van der Waals surface area contributed by atoms with Crippen LogP contribution < -0.4 is 11.1 Å². The van der Waals surface area contributed by atoms with Crippen molar-refractivity contribution in [1.29, 1.82) is 0 Å². The van der Waals surface area contributed by atoms with Gasteiger partial charge < -0.3 is 11.1 Å². The van der Waals surface area contributed by atoms with Gasteiger partial charge in [-0.25, -0.2) is 0 Å². The average molecular weight is 295 g/mol. The molecule has 0 saturated heterocycles. The number of hydrogen-bond donors (Lipinski definition) is 2. The number of nitrogens with two attached hydrogens (primary N) is 1. The summed E-state index contributed by atoms with van der Waals surface area (Å²) in [5, 5.41) is 4.21. The summed E-state index contributed by atoms with van der Waals surface area (Å²) in [5.74, 6) is -0.140. The number of anilines is 1. The third-order valence-corrected chi connectivity index (χ3v) is 4.22. The lowest BCUT2D eigenvalue weighted by Crippen LogP contribution is -2.23. The van der Waals surface area contributed by atoms with Crippen LogP contribution in [0.4, 0.5) is 5.69 Å². The van der Waals surface area contributed by atoms with Gasteiger partial charge >= 0.3 is 0 Å². The summed E-state index contributed by atoms with van der Waals surface area (Å²) in [6, 6.07) is 5.55. The number of benzene rings is 1. The Kier molecular flexibility index (Phi) is 4.45. The number of hydrogen-bond acceptors (Lipinski definition) is 3. The van der Waals surface area contributed by atoms with Crippen LogP contribution in [0.25, 0.3) is 10.1 Å². The summed E-state index contributed by atoms with van der Waals surface area (Å²) in [6.45, 7) is 2.55. The molecule has 0 spiro atoms. The molecule has 5 heteroatoms. The minimum absolute atomic E-state index is 0.140. The first-order chi connectivity index (χ1) is 9.15. The van der Waals surface area contributed by atoms with E-state index in [1.165, 1.54) is 11.3 Å². The second-order valence-electron chi connectivity index (χ2n) is 4.07. The van der Waals surface area contributed by atoms with Crippen molar-refractivity contribution in [3.8, 4) is 0 Å². The van der Waals surface area contributed by atoms with E-state index in [9.17, 15) is 4.79 Å². The Hall–Kier alpha value is -1.52. The predicted molar refractivity (Wildman–Crippen MR) is 83.0 cm³/mol. The number of fused-ring (bicyclic) bond motifs is 1. The zero-order chi connectivity index (χ0) is 13.8. The molecule has 0 aliphatic rings. The lowest BCUT2D eigenvalue weighted by molar-refractivity contribution is 0.0959. The molecule has 1 aromatic carbocycles. The van der Waals surface area contributed by atoms with E-state index in [0.717, 1.165) is 16.5 Å². The molecule has 3 nitrogen and oxygen atoms in total. The van der Waals surface area contributed by atoms with Crippen LogP contribution in [-0.4, -0.2) is 12.5 Å². The van der Waals surface area contributed by atoms with Crippen molar-refractivity contribution in [1.82, 2.24) is 5.32 Å². The quantitative estimate of drug-likeness (QED) is 0.665. The van der Waals surface area contributed by atoms with Crippen molar-refractivity contribution in [2.24, 2.45) is 0 Å². The average Bonchev–Trinajstić information content (AvgIpc) is 2.73. The van der Waals surface area contributed by atoms with Gasteiger partial charge in [-0.15, -0.1) is 11.3 Å². The Morgan fingerprint density at radius 1 is 1.53 bits per heavy atom. The van der Waals surface area contributed by atoms with Crippen molar-refractivity contribution in [3.63, 3.8) is 0 Å². The minimum Gasteiger partial charge on any atom is -0.397 e. The Morgan fingerprint density at radius 3 is 3.00 bits per heavy atom. The molecule has 0 radical (unpaired) electrons. The predicted octanol–water partition coefficient (Wildman–Crippen LogP) is 3.83. The molecule has 1 heterocycles. The summed E-state index contributed by atoms with van der Waals surface area (Å²) in [7, 11) is 0. The van der Waals surface area contributed by atoms with Crippen molar-refractivity contribution in [2.45, 2.75) is 13.3 Å². The van der Waals surface area contributed by atoms with Gasteiger partial charge in [-0.05, 0) is 25.5 Å². The molecule has 0 unspecified atom stereocenters. The van der Waals surface area contributed by atoms with Crippen LogP contribution in [0.15, 0.2) is 30.4 Å². The maximum absolute atomic E-state index is 12.1. The summed E-state index contributed by atoms with van der Waals surface area (Å²) >= 11 is 7.48. The smallest absolute Gasteiger partial charge is 0.263 e. The van der Waals surface area contributed by atoms with Crippen molar-refractivity contribution < 1.29 is 4.79 Å². The number of halogens is 1. The SMILES string of the molecule is C/C=C/CCNC(=O)c1sc2cccc(Cl)c2c1N. The van der Waals surface area contributed by atoms with E-state index in [1.54, 1.807) is 6.07 Å². The molecule has 0 fully saturated rings. The van der Waals surface area contributed by atoms with Crippen molar-refractivity contribution >= 4 is 44.6 Å². The number of nitrogen functional groups attached to an aromatic ring is 1. The summed E-state index contributed by atoms with van der Waals surface area (Å²) in [5.41, 5.74) is 6.49. The highest BCUT2D eigenvalue weighted by Gasteiger charge is 2.17. The molecule has 2 rings (SSSR count). The summed E-state index contributed by atoms with van der Waals surface area (Å²) in [6.07, 6.45) is 4.78. The van der Waals surface area contributed by atoms with Gasteiger partial charge in [-0.1, -0.05) is 29.8 Å². The monoisotopic (exact) mass is 294 g/mol. The fraction of sp³-hybridized carbons (Fsp3) is 0.214. The normalized spacial score (nSPS) is 11.3. The van der Waals surface area contributed by atoms with Gasteiger partial charge in [0.05, 0.1) is 10.7 Å². The van der Waals surface area contributed by atoms with Crippen LogP contribution in [0.1, 0.15) is 23.0 Å². The lowest BCUT2D eigenvalue weighted by Gasteiger charge is -2.02. The molecule has 100 valence electrons. The number of carbonyl (C=O) groups is 1. The number of nitrogens with one attached hydrogen (secondary N) is 1. The summed E-state index contributed by atoms with van der Waals surface area (Å²) in [4.78, 5) is 12.6. The standard InChI is InChI=1S/C14H15ClN2OS/c1-2-3-4-8-17-14(18)13-12(16)11-9(15)6-5-7-10(11)19-13/h2-3,5-7H,4,8,16H2,1H3,(H,17,18)/b3-2+. The number of rotatable bonds is 4. The Balaban J connectivity index is 2.23. The second kappa shape index (κ2) is 6.08. The minimum atomic E-state index is -0.140. The number of allylic oxidation sites excluding steroid dienone is 1. The molecule has 19 heavy (non-hydrogen) atoms. The van der Waals surface area contributed by atoms with E-state index in [1.807, 2.05) is 31.2 Å². The fourth-order valence-corrected chi connectivity index (χ4v) is 3.21. The third kappa shape index (κ3) is 2.91. The molecule has 2 aromatic rings. The molecular weight excluding hydrogens is 280 g/mol. The van der Waals surface area contributed by atoms with Gasteiger partial charge in [-0.3, -0.25) is 4.79 Å². The highest BCUT2D eigenvalue weighted by atomic mass is 35.5. The fourth-order valence-electron chi connectivity index (χ4n) is 1.81. The Bertz CT molecular complexity index is 634. The lowest BCUT2D eigenvalue weighted by atomic mass is 10.2. The van der Waals surface area contributed by atoms with Crippen LogP contribution >= 0.6 is 22.9 Å². The molecule has 0 atom stereocenters. The largest absolute Gasteiger partial charge is 0.397 e. The molecule has 0 aliphatic heterocycles. The van der Waals surface area contributed by atoms with Gasteiger partial charge in [0, 0.05) is 16.6 Å². The molecule has 1 aromatic heterocycles. The maximum atomic E-state index is 12.1. The van der Waals surface area contributed by atoms with Gasteiger partial charge in [0.15, 0.2) is 0 Å². The molecule has 0 bridgehead atoms. The van der Waals surface area contributed by atoms with Crippen molar-refractivity contribution in [3.05, 3.63) is 40.3 Å². The first kappa shape index (κ1) is 13.9. The summed E-state index contributed by atoms with van der Waals surface area (Å²) < 4.78 is 0.934. The van der Waals surface area contributed by atoms with E-state index in [4.69, 9.17) is 17.3 Å². The van der Waals surface area contributed by atoms with Crippen LogP contribution in [0.3, 0.4) is 0 Å². The first-order valence-corrected chi connectivity index (χ1v) is 7.20. The van der Waals surface area contributed by atoms with Crippen LogP contribution in [-0.2, 0) is 0 Å². The van der Waals surface area contributed by atoms with E-state index in [2.05, 4.69) is 5.32 Å². The zero-order valence-electron chi connectivity index (χ0n) is 10.6. The van der Waals surface area contributed by atoms with Crippen LogP contribution in [0, 0.1) is 0 Å². The molecule has 1 amide bonds. The Labute approximate surface area is 121 Å². The molecule has 0 saturated carbocycles. The number of carbonyl (C=O) groups excluding carboxylic acids is 1. The number of amides is 1. The van der Waals surface area contributed by atoms with E-state index < -0.39 is 0 Å². The number of thiophene rings is 1. The third-order valence-electron chi connectivity index (χ3n) is 2.74. The molecule has 0 aliphatic carbocycles. The highest BCUT2D eigenvalue weighted by Crippen LogP contribution is 2.37. The van der Waals surface area contributed by atoms with E-state index in [0.29, 0.717) is 22.1 Å². The first-order valence-electron chi connectivity index (χ1n) is 6.01.